The second-order valence-corrected chi connectivity index (χ2v) is 5.95. The molecular weight excluding hydrogens is 295 g/mol. The molecule has 0 amide bonds. The lowest BCUT2D eigenvalue weighted by Gasteiger charge is -2.15. The summed E-state index contributed by atoms with van der Waals surface area (Å²) in [5, 5.41) is 0. The molecule has 2 atom stereocenters. The van der Waals surface area contributed by atoms with Crippen LogP contribution < -0.4 is 4.89 Å². The van der Waals surface area contributed by atoms with Crippen molar-refractivity contribution in [3.8, 4) is 5.75 Å². The van der Waals surface area contributed by atoms with Crippen molar-refractivity contribution in [1.29, 1.82) is 0 Å². The van der Waals surface area contributed by atoms with E-state index in [4.69, 9.17) is 9.78 Å². The van der Waals surface area contributed by atoms with Crippen LogP contribution in [0.25, 0.3) is 0 Å². The summed E-state index contributed by atoms with van der Waals surface area (Å²) in [5.74, 6) is 0.588. The molecule has 0 spiro atoms. The molecule has 1 N–H and O–H groups in total. The minimum atomic E-state index is -4.40. The van der Waals surface area contributed by atoms with Gasteiger partial charge >= 0.3 is 7.82 Å². The zero-order valence-corrected chi connectivity index (χ0v) is 13.3. The van der Waals surface area contributed by atoms with Gasteiger partial charge in [-0.25, -0.2) is 9.45 Å². The highest BCUT2D eigenvalue weighted by atomic mass is 31.2. The van der Waals surface area contributed by atoms with Crippen molar-refractivity contribution in [2.75, 3.05) is 6.61 Å². The Kier molecular flexibility index (Phi) is 8.57. The molecule has 1 aromatic carbocycles. The van der Waals surface area contributed by atoms with Gasteiger partial charge in [0.1, 0.15) is 0 Å². The normalized spacial score (nSPS) is 15.4. The standard InChI is InChI=1S/C14H23O6P/c1-3-5-9-13(4-2)12-17-19-21(15,16)20-18-14-10-7-6-8-11-14/h6-8,10-11,13H,3-5,9,12H2,1-2H3,(H,15,16). The Morgan fingerprint density at radius 1 is 1.19 bits per heavy atom. The van der Waals surface area contributed by atoms with Gasteiger partial charge in [-0.3, -0.25) is 4.89 Å². The van der Waals surface area contributed by atoms with E-state index < -0.39 is 7.82 Å². The highest BCUT2D eigenvalue weighted by molar-refractivity contribution is 7.47. The van der Waals surface area contributed by atoms with Gasteiger partial charge in [0.2, 0.25) is 0 Å². The Bertz CT molecular complexity index is 425. The van der Waals surface area contributed by atoms with Crippen molar-refractivity contribution in [1.82, 2.24) is 0 Å². The van der Waals surface area contributed by atoms with Gasteiger partial charge in [0.05, 0.1) is 6.61 Å². The molecular formula is C14H23O6P. The first-order valence-corrected chi connectivity index (χ1v) is 8.62. The summed E-state index contributed by atoms with van der Waals surface area (Å²) < 4.78 is 20.3. The van der Waals surface area contributed by atoms with Gasteiger partial charge in [0.15, 0.2) is 5.75 Å². The third-order valence-corrected chi connectivity index (χ3v) is 3.52. The summed E-state index contributed by atoms with van der Waals surface area (Å²) in [5.41, 5.74) is 0. The first-order valence-electron chi connectivity index (χ1n) is 7.12. The predicted molar refractivity (Wildman–Crippen MR) is 78.3 cm³/mol. The maximum atomic E-state index is 11.5. The molecule has 21 heavy (non-hydrogen) atoms. The van der Waals surface area contributed by atoms with Gasteiger partial charge in [-0.2, -0.15) is 0 Å². The predicted octanol–water partition coefficient (Wildman–Crippen LogP) is 4.26. The fraction of sp³-hybridized carbons (Fsp3) is 0.571. The Morgan fingerprint density at radius 2 is 1.90 bits per heavy atom. The molecule has 120 valence electrons. The molecule has 0 saturated carbocycles. The Balaban J connectivity index is 2.27. The highest BCUT2D eigenvalue weighted by Crippen LogP contribution is 2.43. The number of unbranched alkanes of at least 4 members (excludes halogenated alkanes) is 1. The molecule has 0 heterocycles. The van der Waals surface area contributed by atoms with Gasteiger partial charge in [-0.15, -0.1) is 4.67 Å². The van der Waals surface area contributed by atoms with Crippen molar-refractivity contribution in [3.63, 3.8) is 0 Å². The van der Waals surface area contributed by atoms with E-state index in [9.17, 15) is 9.46 Å². The molecule has 0 aliphatic heterocycles. The maximum Gasteiger partial charge on any atom is 0.535 e. The fourth-order valence-corrected chi connectivity index (χ4v) is 2.07. The first kappa shape index (κ1) is 18.1. The molecule has 0 aliphatic carbocycles. The lowest BCUT2D eigenvalue weighted by atomic mass is 10.0. The second kappa shape index (κ2) is 9.92. The highest BCUT2D eigenvalue weighted by Gasteiger charge is 2.26. The van der Waals surface area contributed by atoms with E-state index in [-0.39, 0.29) is 6.61 Å². The molecule has 0 saturated heterocycles. The van der Waals surface area contributed by atoms with E-state index in [1.165, 1.54) is 0 Å². The van der Waals surface area contributed by atoms with Crippen molar-refractivity contribution in [2.45, 2.75) is 39.5 Å². The van der Waals surface area contributed by atoms with Crippen LogP contribution in [-0.2, 0) is 18.8 Å². The molecule has 0 fully saturated rings. The minimum Gasteiger partial charge on any atom is -0.327 e. The molecule has 0 bridgehead atoms. The zero-order valence-electron chi connectivity index (χ0n) is 12.4. The topological polar surface area (TPSA) is 74.2 Å². The molecule has 7 heteroatoms. The largest absolute Gasteiger partial charge is 0.535 e. The molecule has 0 aromatic heterocycles. The van der Waals surface area contributed by atoms with Gasteiger partial charge < -0.3 is 4.89 Å². The van der Waals surface area contributed by atoms with Crippen LogP contribution in [0.2, 0.25) is 0 Å². The van der Waals surface area contributed by atoms with Crippen molar-refractivity contribution in [3.05, 3.63) is 30.3 Å². The Labute approximate surface area is 125 Å². The number of hydrogen-bond donors (Lipinski definition) is 1. The van der Waals surface area contributed by atoms with Crippen molar-refractivity contribution >= 4 is 7.82 Å². The van der Waals surface area contributed by atoms with Gasteiger partial charge in [-0.1, -0.05) is 56.0 Å². The molecule has 1 aromatic rings. The first-order chi connectivity index (χ1) is 10.1. The molecule has 0 aliphatic rings. The molecule has 0 radical (unpaired) electrons. The van der Waals surface area contributed by atoms with Gasteiger partial charge in [0, 0.05) is 0 Å². The SMILES string of the molecule is CCCCC(CC)COOP(=O)(O)OOc1ccccc1. The van der Waals surface area contributed by atoms with E-state index in [0.29, 0.717) is 11.7 Å². The monoisotopic (exact) mass is 318 g/mol. The van der Waals surface area contributed by atoms with Crippen LogP contribution in [0.3, 0.4) is 0 Å². The Hall–Kier alpha value is -0.910. The van der Waals surface area contributed by atoms with E-state index in [2.05, 4.69) is 16.3 Å². The van der Waals surface area contributed by atoms with Crippen LogP contribution in [0.1, 0.15) is 39.5 Å². The summed E-state index contributed by atoms with van der Waals surface area (Å²) in [4.78, 5) is 18.9. The average Bonchev–Trinajstić information content (AvgIpc) is 2.50. The van der Waals surface area contributed by atoms with Gasteiger partial charge in [0.25, 0.3) is 0 Å². The number of hydrogen-bond acceptors (Lipinski definition) is 5. The van der Waals surface area contributed by atoms with Crippen LogP contribution in [0.15, 0.2) is 30.3 Å². The molecule has 6 nitrogen and oxygen atoms in total. The van der Waals surface area contributed by atoms with Crippen LogP contribution in [-0.4, -0.2) is 11.5 Å². The van der Waals surface area contributed by atoms with Crippen LogP contribution in [0.5, 0.6) is 5.75 Å². The van der Waals surface area contributed by atoms with Crippen molar-refractivity contribution < 1.29 is 28.6 Å². The van der Waals surface area contributed by atoms with E-state index >= 15 is 0 Å². The smallest absolute Gasteiger partial charge is 0.327 e. The zero-order chi connectivity index (χ0) is 15.6. The lowest BCUT2D eigenvalue weighted by molar-refractivity contribution is -0.256. The number of phosphoric acid groups is 1. The minimum absolute atomic E-state index is 0.246. The number of rotatable bonds is 11. The second-order valence-electron chi connectivity index (χ2n) is 4.72. The summed E-state index contributed by atoms with van der Waals surface area (Å²) in [6.07, 6.45) is 4.10. The quantitative estimate of drug-likeness (QED) is 0.373. The van der Waals surface area contributed by atoms with Gasteiger partial charge in [-0.05, 0) is 24.5 Å². The lowest BCUT2D eigenvalue weighted by Crippen LogP contribution is -2.09. The number of benzene rings is 1. The van der Waals surface area contributed by atoms with Crippen molar-refractivity contribution in [2.24, 2.45) is 5.92 Å². The summed E-state index contributed by atoms with van der Waals surface area (Å²) in [6.45, 7) is 4.40. The third-order valence-electron chi connectivity index (χ3n) is 2.96. The van der Waals surface area contributed by atoms with Crippen LogP contribution in [0, 0.1) is 5.92 Å². The maximum absolute atomic E-state index is 11.5. The fourth-order valence-electron chi connectivity index (χ4n) is 1.67. The average molecular weight is 318 g/mol. The van der Waals surface area contributed by atoms with E-state index in [0.717, 1.165) is 25.7 Å². The van der Waals surface area contributed by atoms with Crippen LogP contribution in [0.4, 0.5) is 0 Å². The number of para-hydroxylation sites is 1. The molecule has 1 rings (SSSR count). The summed E-state index contributed by atoms with van der Waals surface area (Å²) in [7, 11) is -4.40. The summed E-state index contributed by atoms with van der Waals surface area (Å²) >= 11 is 0. The summed E-state index contributed by atoms with van der Waals surface area (Å²) in [6, 6.07) is 8.36. The van der Waals surface area contributed by atoms with E-state index in [1.54, 1.807) is 30.3 Å². The third kappa shape index (κ3) is 8.19. The molecule has 2 unspecified atom stereocenters. The Morgan fingerprint density at radius 3 is 2.52 bits per heavy atom. The van der Waals surface area contributed by atoms with E-state index in [1.807, 2.05) is 6.92 Å². The van der Waals surface area contributed by atoms with Crippen LogP contribution >= 0.6 is 7.82 Å².